The van der Waals surface area contributed by atoms with Crippen LogP contribution < -0.4 is 4.90 Å². The van der Waals surface area contributed by atoms with E-state index in [0.29, 0.717) is 0 Å². The average Bonchev–Trinajstić information content (AvgIpc) is 2.32. The predicted octanol–water partition coefficient (Wildman–Crippen LogP) is 3.97. The SMILES string of the molecule is Cc1ccc(N(C)c2nc(Cl)ncc2Br)cc1. The van der Waals surface area contributed by atoms with Crippen molar-refractivity contribution in [1.29, 1.82) is 0 Å². The average molecular weight is 313 g/mol. The number of rotatable bonds is 2. The van der Waals surface area contributed by atoms with Crippen molar-refractivity contribution in [3.8, 4) is 0 Å². The van der Waals surface area contributed by atoms with Crippen LogP contribution in [0, 0.1) is 6.92 Å². The number of aryl methyl sites for hydroxylation is 1. The van der Waals surface area contributed by atoms with E-state index in [4.69, 9.17) is 11.6 Å². The standard InChI is InChI=1S/C12H11BrClN3/c1-8-3-5-9(6-4-8)17(2)11-10(13)7-15-12(14)16-11/h3-7H,1-2H3. The third-order valence-electron chi connectivity index (χ3n) is 2.44. The van der Waals surface area contributed by atoms with Gasteiger partial charge in [-0.2, -0.15) is 4.98 Å². The number of benzene rings is 1. The maximum atomic E-state index is 5.80. The van der Waals surface area contributed by atoms with Crippen molar-refractivity contribution in [2.24, 2.45) is 0 Å². The Morgan fingerprint density at radius 1 is 1.24 bits per heavy atom. The van der Waals surface area contributed by atoms with Crippen LogP contribution in [0.2, 0.25) is 5.28 Å². The van der Waals surface area contributed by atoms with Gasteiger partial charge in [0.05, 0.1) is 4.47 Å². The normalized spacial score (nSPS) is 10.4. The van der Waals surface area contributed by atoms with Gasteiger partial charge in [0.1, 0.15) is 0 Å². The van der Waals surface area contributed by atoms with Crippen molar-refractivity contribution in [2.75, 3.05) is 11.9 Å². The molecule has 2 aromatic rings. The maximum absolute atomic E-state index is 5.80. The fourth-order valence-electron chi connectivity index (χ4n) is 1.46. The summed E-state index contributed by atoms with van der Waals surface area (Å²) in [6, 6.07) is 8.20. The predicted molar refractivity (Wildman–Crippen MR) is 74.0 cm³/mol. The molecule has 1 aromatic heterocycles. The van der Waals surface area contributed by atoms with Gasteiger partial charge in [-0.05, 0) is 46.6 Å². The van der Waals surface area contributed by atoms with Crippen molar-refractivity contribution >= 4 is 39.0 Å². The van der Waals surface area contributed by atoms with E-state index in [1.54, 1.807) is 6.20 Å². The zero-order valence-electron chi connectivity index (χ0n) is 9.48. The third kappa shape index (κ3) is 2.76. The summed E-state index contributed by atoms with van der Waals surface area (Å²) in [6.45, 7) is 2.06. The molecule has 0 bridgehead atoms. The zero-order chi connectivity index (χ0) is 12.4. The lowest BCUT2D eigenvalue weighted by atomic mass is 10.2. The Kier molecular flexibility index (Phi) is 3.64. The van der Waals surface area contributed by atoms with Gasteiger partial charge in [0, 0.05) is 18.9 Å². The topological polar surface area (TPSA) is 29.0 Å². The van der Waals surface area contributed by atoms with Crippen molar-refractivity contribution in [3.05, 3.63) is 45.8 Å². The molecule has 1 heterocycles. The molecule has 0 radical (unpaired) electrons. The van der Waals surface area contributed by atoms with Crippen LogP contribution in [0.15, 0.2) is 34.9 Å². The first-order chi connectivity index (χ1) is 8.08. The van der Waals surface area contributed by atoms with Gasteiger partial charge in [0.25, 0.3) is 0 Å². The van der Waals surface area contributed by atoms with Crippen molar-refractivity contribution in [1.82, 2.24) is 9.97 Å². The molecule has 0 saturated heterocycles. The number of aromatic nitrogens is 2. The van der Waals surface area contributed by atoms with Gasteiger partial charge in [-0.25, -0.2) is 4.98 Å². The molecular weight excluding hydrogens is 302 g/mol. The van der Waals surface area contributed by atoms with Gasteiger partial charge in [-0.1, -0.05) is 17.7 Å². The maximum Gasteiger partial charge on any atom is 0.224 e. The lowest BCUT2D eigenvalue weighted by molar-refractivity contribution is 1.07. The molecule has 0 aliphatic heterocycles. The van der Waals surface area contributed by atoms with Gasteiger partial charge < -0.3 is 4.90 Å². The largest absolute Gasteiger partial charge is 0.328 e. The number of hydrogen-bond donors (Lipinski definition) is 0. The molecule has 1 aromatic carbocycles. The van der Waals surface area contributed by atoms with E-state index in [9.17, 15) is 0 Å². The number of nitrogens with zero attached hydrogens (tertiary/aromatic N) is 3. The lowest BCUT2D eigenvalue weighted by Crippen LogP contribution is -2.12. The Morgan fingerprint density at radius 3 is 2.53 bits per heavy atom. The smallest absolute Gasteiger partial charge is 0.224 e. The Morgan fingerprint density at radius 2 is 1.88 bits per heavy atom. The molecule has 0 fully saturated rings. The fourth-order valence-corrected chi connectivity index (χ4v) is 2.05. The Balaban J connectivity index is 2.39. The molecule has 0 atom stereocenters. The molecule has 2 rings (SSSR count). The Labute approximate surface area is 114 Å². The minimum absolute atomic E-state index is 0.238. The van der Waals surface area contributed by atoms with Crippen LogP contribution in [0.25, 0.3) is 0 Å². The van der Waals surface area contributed by atoms with Crippen molar-refractivity contribution in [2.45, 2.75) is 6.92 Å². The second kappa shape index (κ2) is 5.02. The molecule has 17 heavy (non-hydrogen) atoms. The summed E-state index contributed by atoms with van der Waals surface area (Å²) in [4.78, 5) is 10.1. The minimum atomic E-state index is 0.238. The molecular formula is C12H11BrClN3. The Bertz CT molecular complexity index is 528. The molecule has 0 unspecified atom stereocenters. The molecule has 88 valence electrons. The second-order valence-electron chi connectivity index (χ2n) is 3.71. The minimum Gasteiger partial charge on any atom is -0.328 e. The van der Waals surface area contributed by atoms with Crippen LogP contribution in [0.4, 0.5) is 11.5 Å². The zero-order valence-corrected chi connectivity index (χ0v) is 11.8. The van der Waals surface area contributed by atoms with Crippen molar-refractivity contribution < 1.29 is 0 Å². The molecule has 0 aliphatic carbocycles. The van der Waals surface area contributed by atoms with E-state index >= 15 is 0 Å². The highest BCUT2D eigenvalue weighted by atomic mass is 79.9. The van der Waals surface area contributed by atoms with Gasteiger partial charge in [0.15, 0.2) is 5.82 Å². The summed E-state index contributed by atoms with van der Waals surface area (Å²) in [5, 5.41) is 0.238. The van der Waals surface area contributed by atoms with Gasteiger partial charge in [0.2, 0.25) is 5.28 Å². The lowest BCUT2D eigenvalue weighted by Gasteiger charge is -2.19. The van der Waals surface area contributed by atoms with E-state index in [-0.39, 0.29) is 5.28 Å². The van der Waals surface area contributed by atoms with Crippen LogP contribution in [0.5, 0.6) is 0 Å². The molecule has 0 aliphatic rings. The number of hydrogen-bond acceptors (Lipinski definition) is 3. The summed E-state index contributed by atoms with van der Waals surface area (Å²) in [7, 11) is 1.94. The molecule has 0 spiro atoms. The van der Waals surface area contributed by atoms with Crippen LogP contribution in [-0.2, 0) is 0 Å². The third-order valence-corrected chi connectivity index (χ3v) is 3.18. The summed E-state index contributed by atoms with van der Waals surface area (Å²) in [5.41, 5.74) is 2.27. The highest BCUT2D eigenvalue weighted by Gasteiger charge is 2.10. The fraction of sp³-hybridized carbons (Fsp3) is 0.167. The van der Waals surface area contributed by atoms with E-state index in [1.807, 2.05) is 24.1 Å². The highest BCUT2D eigenvalue weighted by molar-refractivity contribution is 9.10. The summed E-state index contributed by atoms with van der Waals surface area (Å²) < 4.78 is 0.810. The van der Waals surface area contributed by atoms with Gasteiger partial charge in [-0.3, -0.25) is 0 Å². The molecule has 0 saturated carbocycles. The van der Waals surface area contributed by atoms with Gasteiger partial charge in [-0.15, -0.1) is 0 Å². The Hall–Kier alpha value is -1.13. The monoisotopic (exact) mass is 311 g/mol. The highest BCUT2D eigenvalue weighted by Crippen LogP contribution is 2.29. The van der Waals surface area contributed by atoms with Crippen LogP contribution >= 0.6 is 27.5 Å². The van der Waals surface area contributed by atoms with E-state index in [1.165, 1.54) is 5.56 Å². The van der Waals surface area contributed by atoms with E-state index in [0.717, 1.165) is 16.0 Å². The molecule has 3 nitrogen and oxygen atoms in total. The van der Waals surface area contributed by atoms with Crippen LogP contribution in [0.3, 0.4) is 0 Å². The van der Waals surface area contributed by atoms with E-state index < -0.39 is 0 Å². The summed E-state index contributed by atoms with van der Waals surface area (Å²) in [6.07, 6.45) is 1.65. The number of anilines is 2. The van der Waals surface area contributed by atoms with Crippen molar-refractivity contribution in [3.63, 3.8) is 0 Å². The van der Waals surface area contributed by atoms with Crippen LogP contribution in [0.1, 0.15) is 5.56 Å². The second-order valence-corrected chi connectivity index (χ2v) is 4.90. The van der Waals surface area contributed by atoms with Gasteiger partial charge >= 0.3 is 0 Å². The summed E-state index contributed by atoms with van der Waals surface area (Å²) >= 11 is 9.22. The first-order valence-electron chi connectivity index (χ1n) is 5.06. The first kappa shape index (κ1) is 12.3. The van der Waals surface area contributed by atoms with E-state index in [2.05, 4.69) is 45.0 Å². The molecule has 0 N–H and O–H groups in total. The molecule has 0 amide bonds. The number of halogens is 2. The summed E-state index contributed by atoms with van der Waals surface area (Å²) in [5.74, 6) is 0.744. The quantitative estimate of drug-likeness (QED) is 0.786. The first-order valence-corrected chi connectivity index (χ1v) is 6.23. The molecule has 5 heteroatoms. The van der Waals surface area contributed by atoms with Crippen LogP contribution in [-0.4, -0.2) is 17.0 Å².